The van der Waals surface area contributed by atoms with Crippen molar-refractivity contribution in [3.63, 3.8) is 0 Å². The zero-order chi connectivity index (χ0) is 26.2. The van der Waals surface area contributed by atoms with Gasteiger partial charge in [-0.15, -0.1) is 0 Å². The van der Waals surface area contributed by atoms with E-state index in [9.17, 15) is 19.7 Å². The molecule has 1 aromatic carbocycles. The summed E-state index contributed by atoms with van der Waals surface area (Å²) < 4.78 is 23.6. The van der Waals surface area contributed by atoms with Crippen molar-refractivity contribution < 1.29 is 33.2 Å². The molecule has 0 heterocycles. The minimum atomic E-state index is -4.17. The summed E-state index contributed by atoms with van der Waals surface area (Å²) in [6, 6.07) is 8.75. The molecule has 0 aromatic heterocycles. The van der Waals surface area contributed by atoms with Crippen LogP contribution in [0, 0.1) is 3.57 Å². The number of rotatable bonds is 21. The normalized spacial score (nSPS) is 14.3. The van der Waals surface area contributed by atoms with Gasteiger partial charge in [0.05, 0.1) is 27.7 Å². The first-order chi connectivity index (χ1) is 16.4. The molecule has 1 unspecified atom stereocenters. The van der Waals surface area contributed by atoms with E-state index in [1.807, 2.05) is 21.1 Å². The van der Waals surface area contributed by atoms with Crippen LogP contribution in [-0.2, 0) is 20.0 Å². The first-order valence-corrected chi connectivity index (χ1v) is 15.6. The third kappa shape index (κ3) is 19.7. The van der Waals surface area contributed by atoms with Gasteiger partial charge in [-0.05, 0) is 59.5 Å². The average Bonchev–Trinajstić information content (AvgIpc) is 2.73. The van der Waals surface area contributed by atoms with E-state index < -0.39 is 13.6 Å². The van der Waals surface area contributed by atoms with Crippen LogP contribution < -0.4 is 0 Å². The summed E-state index contributed by atoms with van der Waals surface area (Å²) in [5.41, 5.74) is 1.44. The number of benzene rings is 1. The Balaban J connectivity index is 1.96. The maximum absolute atomic E-state index is 11.9. The zero-order valence-corrected chi connectivity index (χ0v) is 25.0. The van der Waals surface area contributed by atoms with Crippen LogP contribution in [0.4, 0.5) is 0 Å². The van der Waals surface area contributed by atoms with Gasteiger partial charge in [0.2, 0.25) is 0 Å². The Hall–Kier alpha value is -0.0600. The topological polar surface area (TPSA) is 96.2 Å². The number of unbranched alkanes of at least 4 members (excludes halogenated alkanes) is 9. The van der Waals surface area contributed by atoms with Crippen molar-refractivity contribution in [2.75, 3.05) is 40.9 Å². The van der Waals surface area contributed by atoms with E-state index in [1.165, 1.54) is 60.5 Å². The molecule has 1 atom stereocenters. The number of halogens is 1. The van der Waals surface area contributed by atoms with E-state index in [-0.39, 0.29) is 26.1 Å². The van der Waals surface area contributed by atoms with Gasteiger partial charge >= 0.3 is 7.82 Å². The predicted molar refractivity (Wildman–Crippen MR) is 150 cm³/mol. The van der Waals surface area contributed by atoms with Crippen molar-refractivity contribution in [2.45, 2.75) is 89.3 Å². The number of hydrogen-bond donors (Lipinski definition) is 3. The lowest BCUT2D eigenvalue weighted by Crippen LogP contribution is -2.37. The molecule has 1 aromatic rings. The van der Waals surface area contributed by atoms with Gasteiger partial charge in [-0.1, -0.05) is 63.5 Å². The molecule has 0 aliphatic heterocycles. The molecule has 3 N–H and O–H groups in total. The minimum absolute atomic E-state index is 0.0917. The predicted octanol–water partition coefficient (Wildman–Crippen LogP) is 6.04. The molecule has 0 amide bonds. The Labute approximate surface area is 226 Å². The van der Waals surface area contributed by atoms with Gasteiger partial charge in [0.25, 0.3) is 0 Å². The molecule has 9 heteroatoms. The fraction of sp³-hybridized carbons (Fsp3) is 0.769. The molecule has 7 nitrogen and oxygen atoms in total. The number of phosphoric acid groups is 1. The molecule has 204 valence electrons. The number of aryl methyl sites for hydroxylation is 1. The van der Waals surface area contributed by atoms with Gasteiger partial charge in [-0.3, -0.25) is 9.05 Å². The van der Waals surface area contributed by atoms with E-state index >= 15 is 0 Å². The molecular weight excluding hydrogens is 580 g/mol. The molecule has 1 rings (SSSR count). The second kappa shape index (κ2) is 17.4. The fourth-order valence-corrected chi connectivity index (χ4v) is 5.08. The van der Waals surface area contributed by atoms with E-state index in [2.05, 4.69) is 46.9 Å². The van der Waals surface area contributed by atoms with Crippen LogP contribution in [0.3, 0.4) is 0 Å². The summed E-state index contributed by atoms with van der Waals surface area (Å²) in [7, 11) is 1.69. The van der Waals surface area contributed by atoms with Crippen molar-refractivity contribution >= 4 is 30.4 Å². The number of quaternary nitrogens is 1. The van der Waals surface area contributed by atoms with Crippen molar-refractivity contribution in [1.29, 1.82) is 0 Å². The first kappa shape index (κ1) is 33.0. The quantitative estimate of drug-likeness (QED) is 0.0506. The minimum Gasteiger partial charge on any atom is -0.366 e. The standard InChI is InChI=1S/C26H47INO6P/c1-28(2,3)20-22-34-35(31,32)33-21-19-26(29,30)18-13-11-9-7-5-4-6-8-10-12-15-24-16-14-17-25(27)23-24/h14,16-17,23,29-30H,4-13,15,18-22H2,1-3H3/p+1. The summed E-state index contributed by atoms with van der Waals surface area (Å²) in [5.74, 6) is -1.89. The molecule has 0 saturated carbocycles. The number of likely N-dealkylation sites (N-methyl/N-ethyl adjacent to an activating group) is 1. The SMILES string of the molecule is C[N+](C)(C)CCOP(=O)(O)OCCC(O)(O)CCCCCCCCCCCCc1cccc(I)c1. The maximum Gasteiger partial charge on any atom is 0.472 e. The highest BCUT2D eigenvalue weighted by Crippen LogP contribution is 2.43. The van der Waals surface area contributed by atoms with E-state index in [4.69, 9.17) is 9.05 Å². The Morgan fingerprint density at radius 2 is 1.40 bits per heavy atom. The average molecular weight is 629 g/mol. The molecular formula is C26H48INO6P+. The van der Waals surface area contributed by atoms with Crippen molar-refractivity contribution in [2.24, 2.45) is 0 Å². The van der Waals surface area contributed by atoms with Crippen molar-refractivity contribution in [3.8, 4) is 0 Å². The Morgan fingerprint density at radius 1 is 0.857 bits per heavy atom. The summed E-state index contributed by atoms with van der Waals surface area (Å²) in [6.07, 6.45) is 12.8. The van der Waals surface area contributed by atoms with Crippen LogP contribution in [-0.4, -0.2) is 66.3 Å². The van der Waals surface area contributed by atoms with Gasteiger partial charge in [0.15, 0.2) is 5.79 Å². The molecule has 0 spiro atoms. The van der Waals surface area contributed by atoms with Crippen molar-refractivity contribution in [1.82, 2.24) is 0 Å². The second-order valence-electron chi connectivity index (χ2n) is 10.5. The van der Waals surface area contributed by atoms with E-state index in [0.29, 0.717) is 17.4 Å². The van der Waals surface area contributed by atoms with Crippen LogP contribution in [0.25, 0.3) is 0 Å². The number of nitrogens with zero attached hydrogens (tertiary/aromatic N) is 1. The molecule has 0 bridgehead atoms. The molecule has 35 heavy (non-hydrogen) atoms. The lowest BCUT2D eigenvalue weighted by atomic mass is 10.0. The molecule has 0 aliphatic rings. The monoisotopic (exact) mass is 628 g/mol. The summed E-state index contributed by atoms with van der Waals surface area (Å²) in [5, 5.41) is 20.2. The third-order valence-corrected chi connectivity index (χ3v) is 7.64. The molecule has 0 fully saturated rings. The Morgan fingerprint density at radius 3 is 1.97 bits per heavy atom. The highest BCUT2D eigenvalue weighted by Gasteiger charge is 2.27. The highest BCUT2D eigenvalue weighted by atomic mass is 127. The van der Waals surface area contributed by atoms with E-state index in [0.717, 1.165) is 12.8 Å². The lowest BCUT2D eigenvalue weighted by Gasteiger charge is -2.24. The van der Waals surface area contributed by atoms with Crippen LogP contribution in [0.5, 0.6) is 0 Å². The number of aliphatic hydroxyl groups is 2. The number of phosphoric ester groups is 1. The van der Waals surface area contributed by atoms with Crippen molar-refractivity contribution in [3.05, 3.63) is 33.4 Å². The lowest BCUT2D eigenvalue weighted by molar-refractivity contribution is -0.870. The Bertz CT molecular complexity index is 741. The summed E-state index contributed by atoms with van der Waals surface area (Å²) in [4.78, 5) is 9.68. The van der Waals surface area contributed by atoms with Crippen LogP contribution >= 0.6 is 30.4 Å². The summed E-state index contributed by atoms with van der Waals surface area (Å²) >= 11 is 2.37. The zero-order valence-electron chi connectivity index (χ0n) is 22.0. The Kier molecular flexibility index (Phi) is 16.4. The molecule has 0 aliphatic carbocycles. The third-order valence-electron chi connectivity index (χ3n) is 5.96. The second-order valence-corrected chi connectivity index (χ2v) is 13.2. The largest absolute Gasteiger partial charge is 0.472 e. The number of hydrogen-bond acceptors (Lipinski definition) is 5. The fourth-order valence-electron chi connectivity index (χ4n) is 3.76. The van der Waals surface area contributed by atoms with Crippen LogP contribution in [0.15, 0.2) is 24.3 Å². The van der Waals surface area contributed by atoms with Gasteiger partial charge in [-0.25, -0.2) is 4.57 Å². The van der Waals surface area contributed by atoms with Gasteiger partial charge in [0.1, 0.15) is 13.2 Å². The molecule has 0 saturated heterocycles. The first-order valence-electron chi connectivity index (χ1n) is 13.0. The summed E-state index contributed by atoms with van der Waals surface area (Å²) in [6.45, 7) is 0.413. The smallest absolute Gasteiger partial charge is 0.366 e. The highest BCUT2D eigenvalue weighted by molar-refractivity contribution is 14.1. The van der Waals surface area contributed by atoms with Gasteiger partial charge in [0, 0.05) is 16.4 Å². The van der Waals surface area contributed by atoms with E-state index in [1.54, 1.807) is 0 Å². The van der Waals surface area contributed by atoms with Crippen LogP contribution in [0.2, 0.25) is 0 Å². The molecule has 0 radical (unpaired) electrons. The van der Waals surface area contributed by atoms with Gasteiger partial charge in [-0.2, -0.15) is 0 Å². The maximum atomic E-state index is 11.9. The van der Waals surface area contributed by atoms with Crippen LogP contribution in [0.1, 0.15) is 82.6 Å². The van der Waals surface area contributed by atoms with Gasteiger partial charge < -0.3 is 19.6 Å².